The van der Waals surface area contributed by atoms with Gasteiger partial charge >= 0.3 is 0 Å². The van der Waals surface area contributed by atoms with Crippen molar-refractivity contribution < 1.29 is 4.74 Å². The van der Waals surface area contributed by atoms with Crippen LogP contribution in [0.3, 0.4) is 0 Å². The van der Waals surface area contributed by atoms with E-state index in [1.54, 1.807) is 0 Å². The van der Waals surface area contributed by atoms with Crippen molar-refractivity contribution in [2.24, 2.45) is 5.73 Å². The molecule has 0 aromatic heterocycles. The molecule has 0 bridgehead atoms. The van der Waals surface area contributed by atoms with Gasteiger partial charge in [0.15, 0.2) is 0 Å². The molecule has 3 aliphatic rings. The van der Waals surface area contributed by atoms with Crippen molar-refractivity contribution >= 4 is 0 Å². The molecule has 2 aliphatic heterocycles. The number of fused-ring (bicyclic) bond motifs is 1. The molecular formula is C15H29N3O. The third kappa shape index (κ3) is 2.56. The second-order valence-electron chi connectivity index (χ2n) is 6.55. The van der Waals surface area contributed by atoms with E-state index in [4.69, 9.17) is 10.5 Å². The summed E-state index contributed by atoms with van der Waals surface area (Å²) < 4.78 is 5.75. The summed E-state index contributed by atoms with van der Waals surface area (Å²) in [4.78, 5) is 5.40. The predicted molar refractivity (Wildman–Crippen MR) is 77.2 cm³/mol. The van der Waals surface area contributed by atoms with E-state index in [-0.39, 0.29) is 5.54 Å². The van der Waals surface area contributed by atoms with Gasteiger partial charge in [0, 0.05) is 37.8 Å². The maximum absolute atomic E-state index is 6.14. The maximum atomic E-state index is 6.14. The molecule has 1 aliphatic carbocycles. The van der Waals surface area contributed by atoms with Crippen LogP contribution in [0.4, 0.5) is 0 Å². The highest BCUT2D eigenvalue weighted by molar-refractivity contribution is 5.06. The van der Waals surface area contributed by atoms with Crippen LogP contribution in [0, 0.1) is 0 Å². The summed E-state index contributed by atoms with van der Waals surface area (Å²) in [5.74, 6) is 0. The minimum absolute atomic E-state index is 0.248. The van der Waals surface area contributed by atoms with Crippen LogP contribution in [-0.2, 0) is 4.74 Å². The zero-order chi connectivity index (χ0) is 13.3. The molecule has 0 amide bonds. The second-order valence-corrected chi connectivity index (χ2v) is 6.55. The molecule has 0 aromatic carbocycles. The molecule has 110 valence electrons. The Hall–Kier alpha value is -0.160. The van der Waals surface area contributed by atoms with Gasteiger partial charge in [0.25, 0.3) is 0 Å². The lowest BCUT2D eigenvalue weighted by Crippen LogP contribution is -2.65. The molecule has 2 saturated heterocycles. The van der Waals surface area contributed by atoms with Gasteiger partial charge in [0.05, 0.1) is 6.10 Å². The van der Waals surface area contributed by atoms with E-state index >= 15 is 0 Å². The highest BCUT2D eigenvalue weighted by Crippen LogP contribution is 2.40. The van der Waals surface area contributed by atoms with E-state index in [9.17, 15) is 0 Å². The summed E-state index contributed by atoms with van der Waals surface area (Å²) >= 11 is 0. The van der Waals surface area contributed by atoms with Gasteiger partial charge in [-0.15, -0.1) is 0 Å². The lowest BCUT2D eigenvalue weighted by molar-refractivity contribution is -0.101. The van der Waals surface area contributed by atoms with E-state index in [2.05, 4.69) is 16.7 Å². The lowest BCUT2D eigenvalue weighted by Gasteiger charge is -2.54. The molecule has 0 spiro atoms. The molecule has 2 heterocycles. The molecule has 0 radical (unpaired) electrons. The smallest absolute Gasteiger partial charge is 0.0611 e. The summed E-state index contributed by atoms with van der Waals surface area (Å²) in [5.41, 5.74) is 6.38. The van der Waals surface area contributed by atoms with Crippen LogP contribution in [0.5, 0.6) is 0 Å². The number of ether oxygens (including phenoxy) is 1. The van der Waals surface area contributed by atoms with Crippen molar-refractivity contribution in [3.05, 3.63) is 0 Å². The first-order valence-corrected chi connectivity index (χ1v) is 8.08. The standard InChI is InChI=1S/C15H29N3O/c1-2-19-14-9-15(10-14,12-16)18-8-4-7-17-6-3-5-13(17)11-18/h13-14H,2-12,16H2,1H3. The van der Waals surface area contributed by atoms with Gasteiger partial charge in [-0.3, -0.25) is 9.80 Å². The van der Waals surface area contributed by atoms with E-state index in [1.165, 1.54) is 45.4 Å². The highest BCUT2D eigenvalue weighted by atomic mass is 16.5. The van der Waals surface area contributed by atoms with Crippen LogP contribution in [-0.4, -0.2) is 66.8 Å². The number of hydrogen-bond donors (Lipinski definition) is 1. The fourth-order valence-electron chi connectivity index (χ4n) is 4.33. The SMILES string of the molecule is CCOC1CC(CN)(N2CCCN3CCCC3C2)C1. The Morgan fingerprint density at radius 3 is 2.74 bits per heavy atom. The number of nitrogens with zero attached hydrogens (tertiary/aromatic N) is 2. The van der Waals surface area contributed by atoms with Gasteiger partial charge in [0.1, 0.15) is 0 Å². The van der Waals surface area contributed by atoms with E-state index in [0.717, 1.165) is 32.0 Å². The Kier molecular flexibility index (Phi) is 4.13. The van der Waals surface area contributed by atoms with Gasteiger partial charge < -0.3 is 10.5 Å². The number of nitrogens with two attached hydrogens (primary N) is 1. The molecule has 3 fully saturated rings. The van der Waals surface area contributed by atoms with Crippen LogP contribution in [0.25, 0.3) is 0 Å². The number of rotatable bonds is 4. The van der Waals surface area contributed by atoms with Crippen LogP contribution in [0.15, 0.2) is 0 Å². The molecule has 4 heteroatoms. The van der Waals surface area contributed by atoms with E-state index in [0.29, 0.717) is 6.10 Å². The Morgan fingerprint density at radius 1 is 1.21 bits per heavy atom. The first kappa shape index (κ1) is 13.8. The lowest BCUT2D eigenvalue weighted by atomic mass is 9.72. The topological polar surface area (TPSA) is 41.7 Å². The van der Waals surface area contributed by atoms with Gasteiger partial charge in [-0.05, 0) is 52.1 Å². The fourth-order valence-corrected chi connectivity index (χ4v) is 4.33. The van der Waals surface area contributed by atoms with Crippen LogP contribution < -0.4 is 5.73 Å². The molecule has 3 rings (SSSR count). The van der Waals surface area contributed by atoms with E-state index in [1.807, 2.05) is 0 Å². The normalized spacial score (nSPS) is 40.7. The quantitative estimate of drug-likeness (QED) is 0.827. The second kappa shape index (κ2) is 5.68. The Bertz CT molecular complexity index is 304. The largest absolute Gasteiger partial charge is 0.378 e. The van der Waals surface area contributed by atoms with Crippen LogP contribution in [0.1, 0.15) is 39.0 Å². The highest BCUT2D eigenvalue weighted by Gasteiger charge is 2.49. The fraction of sp³-hybridized carbons (Fsp3) is 1.00. The van der Waals surface area contributed by atoms with Gasteiger partial charge in [-0.25, -0.2) is 0 Å². The first-order chi connectivity index (χ1) is 9.27. The Morgan fingerprint density at radius 2 is 2.00 bits per heavy atom. The number of hydrogen-bond acceptors (Lipinski definition) is 4. The molecule has 19 heavy (non-hydrogen) atoms. The van der Waals surface area contributed by atoms with Crippen molar-refractivity contribution in [2.75, 3.05) is 39.3 Å². The summed E-state index contributed by atoms with van der Waals surface area (Å²) in [5, 5.41) is 0. The molecule has 4 nitrogen and oxygen atoms in total. The average Bonchev–Trinajstić information content (AvgIpc) is 2.71. The van der Waals surface area contributed by atoms with Crippen molar-refractivity contribution in [2.45, 2.75) is 56.7 Å². The first-order valence-electron chi connectivity index (χ1n) is 8.08. The molecular weight excluding hydrogens is 238 g/mol. The zero-order valence-electron chi connectivity index (χ0n) is 12.3. The van der Waals surface area contributed by atoms with E-state index < -0.39 is 0 Å². The minimum atomic E-state index is 0.248. The van der Waals surface area contributed by atoms with Crippen LogP contribution in [0.2, 0.25) is 0 Å². The summed E-state index contributed by atoms with van der Waals surface area (Å²) in [6, 6.07) is 0.789. The predicted octanol–water partition coefficient (Wildman–Crippen LogP) is 1.05. The molecule has 1 unspecified atom stereocenters. The van der Waals surface area contributed by atoms with Crippen molar-refractivity contribution in [3.8, 4) is 0 Å². The zero-order valence-corrected chi connectivity index (χ0v) is 12.3. The molecule has 0 aromatic rings. The molecule has 1 atom stereocenters. The molecule has 1 saturated carbocycles. The average molecular weight is 267 g/mol. The monoisotopic (exact) mass is 267 g/mol. The third-order valence-corrected chi connectivity index (χ3v) is 5.47. The summed E-state index contributed by atoms with van der Waals surface area (Å²) in [6.07, 6.45) is 6.81. The van der Waals surface area contributed by atoms with Gasteiger partial charge in [0.2, 0.25) is 0 Å². The van der Waals surface area contributed by atoms with Gasteiger partial charge in [-0.2, -0.15) is 0 Å². The minimum Gasteiger partial charge on any atom is -0.378 e. The summed E-state index contributed by atoms with van der Waals surface area (Å²) in [7, 11) is 0. The third-order valence-electron chi connectivity index (χ3n) is 5.47. The van der Waals surface area contributed by atoms with Crippen molar-refractivity contribution in [1.82, 2.24) is 9.80 Å². The Balaban J connectivity index is 1.63. The van der Waals surface area contributed by atoms with Crippen molar-refractivity contribution in [1.29, 1.82) is 0 Å². The van der Waals surface area contributed by atoms with Crippen molar-refractivity contribution in [3.63, 3.8) is 0 Å². The van der Waals surface area contributed by atoms with Crippen LogP contribution >= 0.6 is 0 Å². The molecule has 2 N–H and O–H groups in total. The Labute approximate surface area is 117 Å². The summed E-state index contributed by atoms with van der Waals surface area (Å²) in [6.45, 7) is 8.78. The van der Waals surface area contributed by atoms with Gasteiger partial charge in [-0.1, -0.05) is 0 Å². The maximum Gasteiger partial charge on any atom is 0.0611 e.